The van der Waals surface area contributed by atoms with Crippen molar-refractivity contribution in [3.63, 3.8) is 0 Å². The Balaban J connectivity index is 1.45. The quantitative estimate of drug-likeness (QED) is 0.799. The number of fused-ring (bicyclic) bond motifs is 1. The van der Waals surface area contributed by atoms with E-state index in [1.807, 2.05) is 11.8 Å². The number of amides is 1. The van der Waals surface area contributed by atoms with Crippen LogP contribution in [0.4, 0.5) is 0 Å². The van der Waals surface area contributed by atoms with Crippen molar-refractivity contribution >= 4 is 5.91 Å². The second kappa shape index (κ2) is 5.91. The minimum atomic E-state index is 0.00340. The molecule has 0 radical (unpaired) electrons. The number of rotatable bonds is 1. The van der Waals surface area contributed by atoms with Gasteiger partial charge >= 0.3 is 0 Å². The summed E-state index contributed by atoms with van der Waals surface area (Å²) in [7, 11) is 0. The lowest BCUT2D eigenvalue weighted by atomic mass is 9.77. The van der Waals surface area contributed by atoms with E-state index < -0.39 is 0 Å². The molecule has 23 heavy (non-hydrogen) atoms. The molecule has 6 nitrogen and oxygen atoms in total. The molecule has 1 aromatic rings. The van der Waals surface area contributed by atoms with Crippen LogP contribution in [0.15, 0.2) is 6.07 Å². The average Bonchev–Trinajstić information content (AvgIpc) is 3.05. The van der Waals surface area contributed by atoms with Crippen molar-refractivity contribution in [2.45, 2.75) is 51.7 Å². The van der Waals surface area contributed by atoms with Crippen molar-refractivity contribution in [3.05, 3.63) is 17.5 Å². The van der Waals surface area contributed by atoms with Gasteiger partial charge in [0, 0.05) is 19.6 Å². The van der Waals surface area contributed by atoms with E-state index in [2.05, 4.69) is 26.5 Å². The molecule has 1 aromatic heterocycles. The fourth-order valence-corrected chi connectivity index (χ4v) is 4.44. The standard InChI is InChI=1S/C17H27N5O/c1-13-9-14-11-21(7-2-8-22(14)20-13)16(23)15-10-17(12-19-15)3-5-18-6-4-17/h9,15,18-19H,2-8,10-12H2,1H3. The summed E-state index contributed by atoms with van der Waals surface area (Å²) in [5, 5.41) is 11.5. The molecule has 0 aliphatic carbocycles. The molecule has 0 aromatic carbocycles. The second-order valence-corrected chi connectivity index (χ2v) is 7.50. The highest BCUT2D eigenvalue weighted by Gasteiger charge is 2.43. The van der Waals surface area contributed by atoms with E-state index in [4.69, 9.17) is 0 Å². The molecule has 1 spiro atoms. The lowest BCUT2D eigenvalue weighted by molar-refractivity contribution is -0.133. The maximum atomic E-state index is 13.0. The van der Waals surface area contributed by atoms with Crippen LogP contribution in [-0.4, -0.2) is 52.8 Å². The third-order valence-corrected chi connectivity index (χ3v) is 5.77. The van der Waals surface area contributed by atoms with Gasteiger partial charge in [-0.2, -0.15) is 5.10 Å². The van der Waals surface area contributed by atoms with Crippen LogP contribution in [0.2, 0.25) is 0 Å². The summed E-state index contributed by atoms with van der Waals surface area (Å²) >= 11 is 0. The Bertz CT molecular complexity index is 590. The predicted molar refractivity (Wildman–Crippen MR) is 87.9 cm³/mol. The third-order valence-electron chi connectivity index (χ3n) is 5.77. The SMILES string of the molecule is Cc1cc2n(n1)CCCN(C(=O)C1CC3(CCNCC3)CN1)C2. The molecule has 126 valence electrons. The molecule has 0 bridgehead atoms. The molecule has 1 unspecified atom stereocenters. The van der Waals surface area contributed by atoms with Gasteiger partial charge in [-0.05, 0) is 57.2 Å². The topological polar surface area (TPSA) is 62.2 Å². The van der Waals surface area contributed by atoms with Gasteiger partial charge in [0.2, 0.25) is 5.91 Å². The van der Waals surface area contributed by atoms with Crippen molar-refractivity contribution in [1.29, 1.82) is 0 Å². The molecule has 0 saturated carbocycles. The fraction of sp³-hybridized carbons (Fsp3) is 0.765. The Hall–Kier alpha value is -1.40. The van der Waals surface area contributed by atoms with Gasteiger partial charge in [0.25, 0.3) is 0 Å². The van der Waals surface area contributed by atoms with E-state index in [-0.39, 0.29) is 11.9 Å². The normalized spacial score (nSPS) is 27.0. The zero-order valence-corrected chi connectivity index (χ0v) is 14.0. The summed E-state index contributed by atoms with van der Waals surface area (Å²) in [6.07, 6.45) is 4.37. The van der Waals surface area contributed by atoms with E-state index in [1.165, 1.54) is 18.5 Å². The molecule has 3 aliphatic heterocycles. The Morgan fingerprint density at radius 2 is 2.17 bits per heavy atom. The number of carbonyl (C=O) groups is 1. The highest BCUT2D eigenvalue weighted by Crippen LogP contribution is 2.38. The maximum absolute atomic E-state index is 13.0. The number of piperidine rings is 1. The molecule has 1 amide bonds. The van der Waals surface area contributed by atoms with Crippen molar-refractivity contribution in [2.75, 3.05) is 26.2 Å². The largest absolute Gasteiger partial charge is 0.335 e. The minimum absolute atomic E-state index is 0.00340. The van der Waals surface area contributed by atoms with Gasteiger partial charge in [-0.25, -0.2) is 0 Å². The summed E-state index contributed by atoms with van der Waals surface area (Å²) in [6, 6.07) is 2.12. The Kier molecular flexibility index (Phi) is 3.89. The summed E-state index contributed by atoms with van der Waals surface area (Å²) in [4.78, 5) is 15.1. The van der Waals surface area contributed by atoms with Crippen LogP contribution in [0.5, 0.6) is 0 Å². The first kappa shape index (κ1) is 15.1. The van der Waals surface area contributed by atoms with Crippen molar-refractivity contribution in [3.8, 4) is 0 Å². The van der Waals surface area contributed by atoms with E-state index in [0.29, 0.717) is 12.0 Å². The van der Waals surface area contributed by atoms with Gasteiger partial charge in [-0.15, -0.1) is 0 Å². The highest BCUT2D eigenvalue weighted by atomic mass is 16.2. The van der Waals surface area contributed by atoms with Crippen LogP contribution < -0.4 is 10.6 Å². The molecule has 4 heterocycles. The number of hydrogen-bond acceptors (Lipinski definition) is 4. The Morgan fingerprint density at radius 3 is 3.00 bits per heavy atom. The van der Waals surface area contributed by atoms with Gasteiger partial charge in [-0.1, -0.05) is 0 Å². The molecule has 1 atom stereocenters. The minimum Gasteiger partial charge on any atom is -0.335 e. The number of hydrogen-bond donors (Lipinski definition) is 2. The molecular weight excluding hydrogens is 290 g/mol. The highest BCUT2D eigenvalue weighted by molar-refractivity contribution is 5.82. The Morgan fingerprint density at radius 1 is 1.35 bits per heavy atom. The fourth-order valence-electron chi connectivity index (χ4n) is 4.44. The van der Waals surface area contributed by atoms with Gasteiger partial charge in [0.1, 0.15) is 0 Å². The van der Waals surface area contributed by atoms with Crippen molar-refractivity contribution in [1.82, 2.24) is 25.3 Å². The van der Waals surface area contributed by atoms with Crippen LogP contribution in [0.3, 0.4) is 0 Å². The van der Waals surface area contributed by atoms with E-state index in [1.54, 1.807) is 0 Å². The third kappa shape index (κ3) is 2.90. The smallest absolute Gasteiger partial charge is 0.240 e. The van der Waals surface area contributed by atoms with E-state index >= 15 is 0 Å². The number of nitrogens with one attached hydrogen (secondary N) is 2. The first-order valence-electron chi connectivity index (χ1n) is 8.92. The van der Waals surface area contributed by atoms with Gasteiger partial charge in [-0.3, -0.25) is 9.48 Å². The van der Waals surface area contributed by atoms with Crippen LogP contribution in [0.1, 0.15) is 37.1 Å². The maximum Gasteiger partial charge on any atom is 0.240 e. The number of nitrogens with zero attached hydrogens (tertiary/aromatic N) is 3. The van der Waals surface area contributed by atoms with Crippen LogP contribution >= 0.6 is 0 Å². The number of aromatic nitrogens is 2. The van der Waals surface area contributed by atoms with E-state index in [9.17, 15) is 4.79 Å². The average molecular weight is 317 g/mol. The summed E-state index contributed by atoms with van der Waals surface area (Å²) in [5.41, 5.74) is 2.56. The van der Waals surface area contributed by atoms with Crippen LogP contribution in [0, 0.1) is 12.3 Å². The molecule has 6 heteroatoms. The summed E-state index contributed by atoms with van der Waals surface area (Å²) in [5.74, 6) is 0.285. The molecule has 2 N–H and O–H groups in total. The monoisotopic (exact) mass is 317 g/mol. The van der Waals surface area contributed by atoms with Crippen molar-refractivity contribution < 1.29 is 4.79 Å². The summed E-state index contributed by atoms with van der Waals surface area (Å²) in [6.45, 7) is 7.65. The second-order valence-electron chi connectivity index (χ2n) is 7.50. The van der Waals surface area contributed by atoms with Gasteiger partial charge < -0.3 is 15.5 Å². The molecule has 2 fully saturated rings. The van der Waals surface area contributed by atoms with Gasteiger partial charge in [0.15, 0.2) is 0 Å². The van der Waals surface area contributed by atoms with E-state index in [0.717, 1.165) is 51.3 Å². The number of carbonyl (C=O) groups excluding carboxylic acids is 1. The van der Waals surface area contributed by atoms with Gasteiger partial charge in [0.05, 0.1) is 24.0 Å². The van der Waals surface area contributed by atoms with Crippen molar-refractivity contribution in [2.24, 2.45) is 5.41 Å². The zero-order valence-electron chi connectivity index (χ0n) is 14.0. The zero-order chi connectivity index (χ0) is 15.9. The first-order chi connectivity index (χ1) is 11.2. The van der Waals surface area contributed by atoms with Crippen LogP contribution in [-0.2, 0) is 17.9 Å². The summed E-state index contributed by atoms with van der Waals surface area (Å²) < 4.78 is 2.07. The van der Waals surface area contributed by atoms with Crippen LogP contribution in [0.25, 0.3) is 0 Å². The predicted octanol–water partition coefficient (Wildman–Crippen LogP) is 0.656. The molecule has 3 aliphatic rings. The molecule has 4 rings (SSSR count). The lowest BCUT2D eigenvalue weighted by Crippen LogP contribution is -2.43. The molecule has 2 saturated heterocycles. The lowest BCUT2D eigenvalue weighted by Gasteiger charge is -2.33. The molecular formula is C17H27N5O. The first-order valence-corrected chi connectivity index (χ1v) is 8.92. The Labute approximate surface area is 137 Å². The number of aryl methyl sites for hydroxylation is 2.